The fourth-order valence-electron chi connectivity index (χ4n) is 2.51. The lowest BCUT2D eigenvalue weighted by Gasteiger charge is -2.11. The number of fused-ring (bicyclic) bond motifs is 1. The molecule has 1 aromatic carbocycles. The van der Waals surface area contributed by atoms with Crippen LogP contribution in [0.3, 0.4) is 0 Å². The molecule has 2 heterocycles. The minimum Gasteiger partial charge on any atom is -0.458 e. The van der Waals surface area contributed by atoms with E-state index in [0.717, 1.165) is 21.3 Å². The number of hydrogen-bond acceptors (Lipinski definition) is 5. The minimum absolute atomic E-state index is 0.0443. The van der Waals surface area contributed by atoms with Crippen LogP contribution in [0.25, 0.3) is 10.9 Å². The zero-order valence-electron chi connectivity index (χ0n) is 14.3. The van der Waals surface area contributed by atoms with E-state index in [2.05, 4.69) is 10.3 Å². The number of carbonyl (C=O) groups excluding carboxylic acids is 2. The van der Waals surface area contributed by atoms with Crippen molar-refractivity contribution in [3.8, 4) is 0 Å². The second-order valence-corrected chi connectivity index (χ2v) is 7.43. The van der Waals surface area contributed by atoms with Gasteiger partial charge in [-0.1, -0.05) is 29.8 Å². The van der Waals surface area contributed by atoms with E-state index in [-0.39, 0.29) is 19.1 Å². The fourth-order valence-corrected chi connectivity index (χ4v) is 3.49. The van der Waals surface area contributed by atoms with E-state index in [1.165, 1.54) is 11.3 Å². The maximum Gasteiger partial charge on any atom is 0.325 e. The lowest BCUT2D eigenvalue weighted by molar-refractivity contribution is -0.143. The van der Waals surface area contributed by atoms with Gasteiger partial charge in [-0.3, -0.25) is 9.59 Å². The zero-order valence-corrected chi connectivity index (χ0v) is 15.9. The Balaban J connectivity index is 1.60. The summed E-state index contributed by atoms with van der Waals surface area (Å²) >= 11 is 7.71. The lowest BCUT2D eigenvalue weighted by atomic mass is 10.1. The number of ether oxygens (including phenoxy) is 1. The van der Waals surface area contributed by atoms with Crippen molar-refractivity contribution < 1.29 is 14.3 Å². The quantitative estimate of drug-likeness (QED) is 0.670. The molecule has 3 rings (SSSR count). The molecule has 1 amide bonds. The van der Waals surface area contributed by atoms with Crippen molar-refractivity contribution in [1.82, 2.24) is 10.3 Å². The third-order valence-electron chi connectivity index (χ3n) is 3.87. The molecule has 1 N–H and O–H groups in total. The van der Waals surface area contributed by atoms with Gasteiger partial charge in [-0.05, 0) is 37.6 Å². The number of benzene rings is 1. The SMILES string of the molecule is Cc1ccc(C(=O)NCC(=O)OCc2nc3ccccc3c(C)c2Cl)s1. The van der Waals surface area contributed by atoms with Crippen LogP contribution in [-0.4, -0.2) is 23.4 Å². The van der Waals surface area contributed by atoms with Crippen LogP contribution in [0.5, 0.6) is 0 Å². The summed E-state index contributed by atoms with van der Waals surface area (Å²) in [5.41, 5.74) is 2.18. The molecule has 0 radical (unpaired) electrons. The van der Waals surface area contributed by atoms with Crippen molar-refractivity contribution in [3.05, 3.63) is 62.4 Å². The van der Waals surface area contributed by atoms with Gasteiger partial charge >= 0.3 is 5.97 Å². The molecule has 0 aliphatic rings. The molecule has 0 saturated carbocycles. The van der Waals surface area contributed by atoms with Crippen LogP contribution in [0.2, 0.25) is 5.02 Å². The molecular weight excluding hydrogens is 372 g/mol. The molecule has 7 heteroatoms. The molecule has 26 heavy (non-hydrogen) atoms. The molecule has 0 spiro atoms. The monoisotopic (exact) mass is 388 g/mol. The Kier molecular flexibility index (Phi) is 5.54. The molecule has 0 fully saturated rings. The van der Waals surface area contributed by atoms with Crippen molar-refractivity contribution in [2.75, 3.05) is 6.54 Å². The highest BCUT2D eigenvalue weighted by atomic mass is 35.5. The van der Waals surface area contributed by atoms with Crippen LogP contribution in [0, 0.1) is 13.8 Å². The molecule has 5 nitrogen and oxygen atoms in total. The average Bonchev–Trinajstić information content (AvgIpc) is 3.08. The summed E-state index contributed by atoms with van der Waals surface area (Å²) in [6.45, 7) is 3.57. The number of para-hydroxylation sites is 1. The van der Waals surface area contributed by atoms with E-state index in [1.807, 2.05) is 44.2 Å². The minimum atomic E-state index is -0.546. The standard InChI is InChI=1S/C19H17ClN2O3S/c1-11-7-8-16(26-11)19(24)21-9-17(23)25-10-15-18(20)12(2)13-5-3-4-6-14(13)22-15/h3-8H,9-10H2,1-2H3,(H,21,24). The number of pyridine rings is 1. The Labute approximate surface area is 160 Å². The first-order chi connectivity index (χ1) is 12.5. The number of halogens is 1. The third kappa shape index (κ3) is 4.03. The Morgan fingerprint density at radius 1 is 1.19 bits per heavy atom. The van der Waals surface area contributed by atoms with Crippen molar-refractivity contribution in [2.24, 2.45) is 0 Å². The van der Waals surface area contributed by atoms with Gasteiger partial charge < -0.3 is 10.1 Å². The van der Waals surface area contributed by atoms with Crippen molar-refractivity contribution in [1.29, 1.82) is 0 Å². The Morgan fingerprint density at radius 3 is 2.69 bits per heavy atom. The van der Waals surface area contributed by atoms with Gasteiger partial charge in [0.15, 0.2) is 0 Å². The molecule has 134 valence electrons. The number of carbonyl (C=O) groups is 2. The van der Waals surface area contributed by atoms with Crippen molar-refractivity contribution >= 4 is 45.7 Å². The molecule has 2 aromatic heterocycles. The predicted molar refractivity (Wildman–Crippen MR) is 103 cm³/mol. The maximum atomic E-state index is 11.9. The molecule has 0 aliphatic heterocycles. The lowest BCUT2D eigenvalue weighted by Crippen LogP contribution is -2.30. The van der Waals surface area contributed by atoms with Crippen LogP contribution in [0.4, 0.5) is 0 Å². The van der Waals surface area contributed by atoms with E-state index in [4.69, 9.17) is 16.3 Å². The van der Waals surface area contributed by atoms with E-state index < -0.39 is 5.97 Å². The first-order valence-electron chi connectivity index (χ1n) is 7.99. The third-order valence-corrected chi connectivity index (χ3v) is 5.37. The van der Waals surface area contributed by atoms with Gasteiger partial charge in [0.25, 0.3) is 5.91 Å². The summed E-state index contributed by atoms with van der Waals surface area (Å²) < 4.78 is 5.21. The van der Waals surface area contributed by atoms with Crippen LogP contribution >= 0.6 is 22.9 Å². The van der Waals surface area contributed by atoms with Gasteiger partial charge in [-0.25, -0.2) is 4.98 Å². The first-order valence-corrected chi connectivity index (χ1v) is 9.19. The highest BCUT2D eigenvalue weighted by molar-refractivity contribution is 7.13. The van der Waals surface area contributed by atoms with Gasteiger partial charge in [0.2, 0.25) is 0 Å². The normalized spacial score (nSPS) is 10.7. The second kappa shape index (κ2) is 7.85. The molecular formula is C19H17ClN2O3S. The molecule has 3 aromatic rings. The zero-order chi connectivity index (χ0) is 18.7. The molecule has 0 unspecified atom stereocenters. The van der Waals surface area contributed by atoms with Crippen LogP contribution < -0.4 is 5.32 Å². The average molecular weight is 389 g/mol. The molecule has 0 bridgehead atoms. The largest absolute Gasteiger partial charge is 0.458 e. The van der Waals surface area contributed by atoms with Crippen molar-refractivity contribution in [2.45, 2.75) is 20.5 Å². The number of thiophene rings is 1. The Hall–Kier alpha value is -2.44. The Morgan fingerprint density at radius 2 is 1.96 bits per heavy atom. The molecule has 0 aliphatic carbocycles. The molecule has 0 atom stereocenters. The highest BCUT2D eigenvalue weighted by Gasteiger charge is 2.14. The van der Waals surface area contributed by atoms with Gasteiger partial charge in [0.1, 0.15) is 13.2 Å². The van der Waals surface area contributed by atoms with E-state index >= 15 is 0 Å². The summed E-state index contributed by atoms with van der Waals surface area (Å²) in [5.74, 6) is -0.840. The number of amides is 1. The van der Waals surface area contributed by atoms with Gasteiger partial charge in [-0.15, -0.1) is 11.3 Å². The smallest absolute Gasteiger partial charge is 0.325 e. The second-order valence-electron chi connectivity index (χ2n) is 5.77. The number of aromatic nitrogens is 1. The number of esters is 1. The maximum absolute atomic E-state index is 11.9. The van der Waals surface area contributed by atoms with E-state index in [0.29, 0.717) is 15.6 Å². The first kappa shape index (κ1) is 18.4. The Bertz CT molecular complexity index is 984. The number of rotatable bonds is 5. The van der Waals surface area contributed by atoms with Gasteiger partial charge in [0, 0.05) is 10.3 Å². The topological polar surface area (TPSA) is 68.3 Å². The van der Waals surface area contributed by atoms with Crippen LogP contribution in [0.1, 0.15) is 25.8 Å². The summed E-state index contributed by atoms with van der Waals surface area (Å²) in [4.78, 5) is 29.9. The summed E-state index contributed by atoms with van der Waals surface area (Å²) in [6, 6.07) is 11.2. The summed E-state index contributed by atoms with van der Waals surface area (Å²) in [5, 5.41) is 3.99. The predicted octanol–water partition coefficient (Wildman–Crippen LogP) is 4.04. The van der Waals surface area contributed by atoms with E-state index in [1.54, 1.807) is 6.07 Å². The van der Waals surface area contributed by atoms with Gasteiger partial charge in [0.05, 0.1) is 21.1 Å². The van der Waals surface area contributed by atoms with Gasteiger partial charge in [-0.2, -0.15) is 0 Å². The highest BCUT2D eigenvalue weighted by Crippen LogP contribution is 2.27. The van der Waals surface area contributed by atoms with Crippen molar-refractivity contribution in [3.63, 3.8) is 0 Å². The number of nitrogens with one attached hydrogen (secondary N) is 1. The van der Waals surface area contributed by atoms with Crippen LogP contribution in [0.15, 0.2) is 36.4 Å². The number of aryl methyl sites for hydroxylation is 2. The van der Waals surface area contributed by atoms with Crippen LogP contribution in [-0.2, 0) is 16.1 Å². The van der Waals surface area contributed by atoms with E-state index in [9.17, 15) is 9.59 Å². The summed E-state index contributed by atoms with van der Waals surface area (Å²) in [6.07, 6.45) is 0. The summed E-state index contributed by atoms with van der Waals surface area (Å²) in [7, 11) is 0. The fraction of sp³-hybridized carbons (Fsp3) is 0.211. The number of hydrogen-bond donors (Lipinski definition) is 1. The molecule has 0 saturated heterocycles. The number of nitrogens with zero attached hydrogens (tertiary/aromatic N) is 1.